The van der Waals surface area contributed by atoms with E-state index in [9.17, 15) is 4.79 Å². The zero-order chi connectivity index (χ0) is 17.8. The number of benzene rings is 1. The van der Waals surface area contributed by atoms with Gasteiger partial charge in [0.1, 0.15) is 11.6 Å². The van der Waals surface area contributed by atoms with Crippen molar-refractivity contribution in [1.29, 1.82) is 0 Å². The molecule has 1 aromatic carbocycles. The van der Waals surface area contributed by atoms with Crippen LogP contribution in [-0.4, -0.2) is 46.5 Å². The SMILES string of the molecule is CCOc1ccc(C(C)=O)cc1CN1CCNCC1c1nccn1C.Cl. The molecule has 1 atom stereocenters. The first kappa shape index (κ1) is 20.4. The smallest absolute Gasteiger partial charge is 0.159 e. The van der Waals surface area contributed by atoms with E-state index in [1.165, 1.54) is 0 Å². The zero-order valence-corrected chi connectivity index (χ0v) is 16.4. The van der Waals surface area contributed by atoms with Crippen LogP contribution in [0.4, 0.5) is 0 Å². The molecule has 1 aliphatic rings. The van der Waals surface area contributed by atoms with E-state index in [4.69, 9.17) is 4.74 Å². The molecule has 1 unspecified atom stereocenters. The van der Waals surface area contributed by atoms with Crippen LogP contribution >= 0.6 is 12.4 Å². The molecule has 0 amide bonds. The van der Waals surface area contributed by atoms with Gasteiger partial charge in [0.2, 0.25) is 0 Å². The Morgan fingerprint density at radius 3 is 2.88 bits per heavy atom. The Morgan fingerprint density at radius 2 is 2.23 bits per heavy atom. The van der Waals surface area contributed by atoms with E-state index in [1.807, 2.05) is 44.6 Å². The van der Waals surface area contributed by atoms with Crippen LogP contribution in [0.1, 0.15) is 41.6 Å². The standard InChI is InChI=1S/C19H26N4O2.ClH/c1-4-25-18-6-5-15(14(2)24)11-16(18)13-23-10-7-20-12-17(23)19-21-8-9-22(19)3;/h5-6,8-9,11,17,20H,4,7,10,12-13H2,1-3H3;1H. The lowest BCUT2D eigenvalue weighted by atomic mass is 10.0. The summed E-state index contributed by atoms with van der Waals surface area (Å²) in [6.07, 6.45) is 3.81. The maximum absolute atomic E-state index is 11.8. The number of hydrogen-bond acceptors (Lipinski definition) is 5. The highest BCUT2D eigenvalue weighted by Gasteiger charge is 2.27. The summed E-state index contributed by atoms with van der Waals surface area (Å²) in [6, 6.07) is 5.91. The largest absolute Gasteiger partial charge is 0.494 e. The Bertz CT molecular complexity index is 747. The lowest BCUT2D eigenvalue weighted by Gasteiger charge is -2.36. The van der Waals surface area contributed by atoms with Crippen molar-refractivity contribution in [3.05, 3.63) is 47.5 Å². The van der Waals surface area contributed by atoms with Crippen LogP contribution < -0.4 is 10.1 Å². The number of carbonyl (C=O) groups is 1. The van der Waals surface area contributed by atoms with Gasteiger partial charge in [0.05, 0.1) is 12.6 Å². The number of ketones is 1. The van der Waals surface area contributed by atoms with E-state index in [0.717, 1.165) is 48.9 Å². The molecule has 1 fully saturated rings. The van der Waals surface area contributed by atoms with Crippen LogP contribution in [0.2, 0.25) is 0 Å². The second-order valence-electron chi connectivity index (χ2n) is 6.40. The van der Waals surface area contributed by atoms with E-state index in [1.54, 1.807) is 6.92 Å². The average Bonchev–Trinajstić information content (AvgIpc) is 3.03. The number of nitrogens with one attached hydrogen (secondary N) is 1. The number of aryl methyl sites for hydroxylation is 1. The van der Waals surface area contributed by atoms with Crippen LogP contribution in [0.25, 0.3) is 0 Å². The Morgan fingerprint density at radius 1 is 1.42 bits per heavy atom. The van der Waals surface area contributed by atoms with Crippen LogP contribution in [0, 0.1) is 0 Å². The highest BCUT2D eigenvalue weighted by molar-refractivity contribution is 5.94. The van der Waals surface area contributed by atoms with Gasteiger partial charge >= 0.3 is 0 Å². The van der Waals surface area contributed by atoms with Crippen molar-refractivity contribution in [3.8, 4) is 5.75 Å². The predicted molar refractivity (Wildman–Crippen MR) is 104 cm³/mol. The fourth-order valence-corrected chi connectivity index (χ4v) is 3.33. The minimum absolute atomic E-state index is 0. The fraction of sp³-hybridized carbons (Fsp3) is 0.474. The number of imidazole rings is 1. The monoisotopic (exact) mass is 378 g/mol. The number of aromatic nitrogens is 2. The Balaban J connectivity index is 0.00000243. The fourth-order valence-electron chi connectivity index (χ4n) is 3.33. The van der Waals surface area contributed by atoms with Gasteiger partial charge in [-0.25, -0.2) is 4.98 Å². The summed E-state index contributed by atoms with van der Waals surface area (Å²) in [7, 11) is 2.02. The van der Waals surface area contributed by atoms with Crippen LogP contribution in [-0.2, 0) is 13.6 Å². The van der Waals surface area contributed by atoms with Crippen molar-refractivity contribution in [2.45, 2.75) is 26.4 Å². The van der Waals surface area contributed by atoms with Gasteiger partial charge in [0, 0.05) is 56.7 Å². The molecule has 2 heterocycles. The van der Waals surface area contributed by atoms with Gasteiger partial charge in [-0.2, -0.15) is 0 Å². The van der Waals surface area contributed by atoms with E-state index >= 15 is 0 Å². The van der Waals surface area contributed by atoms with Gasteiger partial charge in [-0.15, -0.1) is 12.4 Å². The second-order valence-corrected chi connectivity index (χ2v) is 6.40. The first-order valence-electron chi connectivity index (χ1n) is 8.78. The number of halogens is 1. The number of nitrogens with zero attached hydrogens (tertiary/aromatic N) is 3. The number of ether oxygens (including phenoxy) is 1. The topological polar surface area (TPSA) is 59.4 Å². The molecule has 0 radical (unpaired) electrons. The highest BCUT2D eigenvalue weighted by atomic mass is 35.5. The summed E-state index contributed by atoms with van der Waals surface area (Å²) in [5.74, 6) is 1.97. The zero-order valence-electron chi connectivity index (χ0n) is 15.6. The van der Waals surface area contributed by atoms with Gasteiger partial charge < -0.3 is 14.6 Å². The van der Waals surface area contributed by atoms with E-state index < -0.39 is 0 Å². The highest BCUT2D eigenvalue weighted by Crippen LogP contribution is 2.27. The molecule has 0 saturated carbocycles. The van der Waals surface area contributed by atoms with Crippen LogP contribution in [0.15, 0.2) is 30.6 Å². The minimum atomic E-state index is 0. The van der Waals surface area contributed by atoms with Crippen molar-refractivity contribution in [2.24, 2.45) is 7.05 Å². The van der Waals surface area contributed by atoms with Gasteiger partial charge in [0.25, 0.3) is 0 Å². The molecule has 142 valence electrons. The van der Waals surface area contributed by atoms with Crippen molar-refractivity contribution < 1.29 is 9.53 Å². The molecule has 26 heavy (non-hydrogen) atoms. The van der Waals surface area contributed by atoms with Crippen molar-refractivity contribution in [3.63, 3.8) is 0 Å². The molecule has 1 aliphatic heterocycles. The van der Waals surface area contributed by atoms with Gasteiger partial charge in [0.15, 0.2) is 5.78 Å². The lowest BCUT2D eigenvalue weighted by Crippen LogP contribution is -2.46. The maximum atomic E-state index is 11.8. The summed E-state index contributed by atoms with van der Waals surface area (Å²) < 4.78 is 7.86. The third-order valence-electron chi connectivity index (χ3n) is 4.65. The molecule has 2 aromatic rings. The predicted octanol–water partition coefficient (Wildman–Crippen LogP) is 2.59. The van der Waals surface area contributed by atoms with E-state index in [-0.39, 0.29) is 24.2 Å². The second kappa shape index (κ2) is 9.16. The Kier molecular flexibility index (Phi) is 7.20. The molecule has 7 heteroatoms. The Labute approximate surface area is 161 Å². The summed E-state index contributed by atoms with van der Waals surface area (Å²) >= 11 is 0. The van der Waals surface area contributed by atoms with E-state index in [0.29, 0.717) is 6.61 Å². The molecule has 1 aromatic heterocycles. The number of carbonyl (C=O) groups excluding carboxylic acids is 1. The summed E-state index contributed by atoms with van der Waals surface area (Å²) in [6.45, 7) is 7.64. The molecular weight excluding hydrogens is 352 g/mol. The van der Waals surface area contributed by atoms with Crippen molar-refractivity contribution >= 4 is 18.2 Å². The van der Waals surface area contributed by atoms with Crippen molar-refractivity contribution in [2.75, 3.05) is 26.2 Å². The number of Topliss-reactive ketones (excluding diaryl/α,β-unsaturated/α-hetero) is 1. The molecule has 1 N–H and O–H groups in total. The summed E-state index contributed by atoms with van der Waals surface area (Å²) in [4.78, 5) is 18.7. The minimum Gasteiger partial charge on any atom is -0.494 e. The summed E-state index contributed by atoms with van der Waals surface area (Å²) in [5.41, 5.74) is 1.78. The normalized spacial score (nSPS) is 17.6. The lowest BCUT2D eigenvalue weighted by molar-refractivity contribution is 0.101. The van der Waals surface area contributed by atoms with Crippen LogP contribution in [0.5, 0.6) is 5.75 Å². The van der Waals surface area contributed by atoms with Gasteiger partial charge in [-0.05, 0) is 32.0 Å². The quantitative estimate of drug-likeness (QED) is 0.783. The third-order valence-corrected chi connectivity index (χ3v) is 4.65. The third kappa shape index (κ3) is 4.44. The number of piperazine rings is 1. The Hall–Kier alpha value is -1.89. The molecule has 0 aliphatic carbocycles. The number of hydrogen-bond donors (Lipinski definition) is 1. The van der Waals surface area contributed by atoms with Crippen LogP contribution in [0.3, 0.4) is 0 Å². The molecular formula is C19H27ClN4O2. The number of rotatable bonds is 6. The summed E-state index contributed by atoms with van der Waals surface area (Å²) in [5, 5.41) is 3.46. The molecule has 0 bridgehead atoms. The molecule has 1 saturated heterocycles. The van der Waals surface area contributed by atoms with Gasteiger partial charge in [-0.1, -0.05) is 0 Å². The average molecular weight is 379 g/mol. The first-order valence-corrected chi connectivity index (χ1v) is 8.78. The van der Waals surface area contributed by atoms with Crippen molar-refractivity contribution in [1.82, 2.24) is 19.8 Å². The molecule has 0 spiro atoms. The van der Waals surface area contributed by atoms with Gasteiger partial charge in [-0.3, -0.25) is 9.69 Å². The van der Waals surface area contributed by atoms with E-state index in [2.05, 4.69) is 19.8 Å². The molecule has 3 rings (SSSR count). The molecule has 6 nitrogen and oxygen atoms in total. The first-order chi connectivity index (χ1) is 12.1. The maximum Gasteiger partial charge on any atom is 0.159 e.